The highest BCUT2D eigenvalue weighted by Gasteiger charge is 2.32. The van der Waals surface area contributed by atoms with E-state index in [0.29, 0.717) is 38.5 Å². The molecule has 1 heterocycles. The standard InChI is InChI=1S/C23H17Cl2NO4/c24-16-10-9-15(19(25)12-16)13-30-20(27)8-3-11-26-22(28)17-6-1-4-14-5-2-7-18(21(14)17)23(26)29/h1-2,4-7,9-10,12H,3,8,11,13H2. The lowest BCUT2D eigenvalue weighted by molar-refractivity contribution is -0.145. The Kier molecular flexibility index (Phi) is 5.75. The van der Waals surface area contributed by atoms with Gasteiger partial charge in [-0.25, -0.2) is 0 Å². The first kappa shape index (κ1) is 20.4. The van der Waals surface area contributed by atoms with E-state index in [2.05, 4.69) is 0 Å². The van der Waals surface area contributed by atoms with Crippen LogP contribution in [0.3, 0.4) is 0 Å². The fraction of sp³-hybridized carbons (Fsp3) is 0.174. The Bertz CT molecular complexity index is 1120. The van der Waals surface area contributed by atoms with Gasteiger partial charge in [0.1, 0.15) is 6.61 Å². The van der Waals surface area contributed by atoms with Crippen molar-refractivity contribution in [3.05, 3.63) is 81.3 Å². The van der Waals surface area contributed by atoms with Gasteiger partial charge < -0.3 is 4.74 Å². The largest absolute Gasteiger partial charge is 0.461 e. The van der Waals surface area contributed by atoms with Crippen LogP contribution in [-0.2, 0) is 16.1 Å². The highest BCUT2D eigenvalue weighted by Crippen LogP contribution is 2.30. The number of hydrogen-bond acceptors (Lipinski definition) is 4. The van der Waals surface area contributed by atoms with E-state index < -0.39 is 5.97 Å². The van der Waals surface area contributed by atoms with Crippen LogP contribution in [0.4, 0.5) is 0 Å². The number of rotatable bonds is 6. The molecule has 4 rings (SSSR count). The number of amides is 2. The normalized spacial score (nSPS) is 13.1. The summed E-state index contributed by atoms with van der Waals surface area (Å²) in [6.07, 6.45) is 0.386. The maximum Gasteiger partial charge on any atom is 0.306 e. The zero-order valence-corrected chi connectivity index (χ0v) is 17.4. The van der Waals surface area contributed by atoms with Crippen LogP contribution in [0.15, 0.2) is 54.6 Å². The Hall–Kier alpha value is -2.89. The predicted molar refractivity (Wildman–Crippen MR) is 115 cm³/mol. The molecule has 0 fully saturated rings. The van der Waals surface area contributed by atoms with Gasteiger partial charge >= 0.3 is 5.97 Å². The molecule has 2 amide bonds. The second-order valence-corrected chi connectivity index (χ2v) is 7.81. The van der Waals surface area contributed by atoms with Crippen molar-refractivity contribution in [3.63, 3.8) is 0 Å². The Balaban J connectivity index is 1.37. The number of ether oxygens (including phenoxy) is 1. The number of halogens is 2. The summed E-state index contributed by atoms with van der Waals surface area (Å²) in [4.78, 5) is 38.9. The van der Waals surface area contributed by atoms with Gasteiger partial charge in [-0.3, -0.25) is 19.3 Å². The van der Waals surface area contributed by atoms with E-state index in [0.717, 1.165) is 5.39 Å². The second-order valence-electron chi connectivity index (χ2n) is 6.97. The summed E-state index contributed by atoms with van der Waals surface area (Å²) in [5.74, 6) is -1.11. The molecule has 5 nitrogen and oxygen atoms in total. The van der Waals surface area contributed by atoms with Crippen molar-refractivity contribution in [3.8, 4) is 0 Å². The summed E-state index contributed by atoms with van der Waals surface area (Å²) in [5, 5.41) is 2.47. The van der Waals surface area contributed by atoms with Crippen molar-refractivity contribution in [2.24, 2.45) is 0 Å². The van der Waals surface area contributed by atoms with Gasteiger partial charge in [-0.15, -0.1) is 0 Å². The van der Waals surface area contributed by atoms with Gasteiger partial charge in [0.05, 0.1) is 0 Å². The van der Waals surface area contributed by atoms with Crippen LogP contribution in [0, 0.1) is 0 Å². The summed E-state index contributed by atoms with van der Waals surface area (Å²) in [6.45, 7) is 0.172. The number of carbonyl (C=O) groups is 3. The molecular formula is C23H17Cl2NO4. The first-order valence-corrected chi connectivity index (χ1v) is 10.2. The molecule has 30 heavy (non-hydrogen) atoms. The number of carbonyl (C=O) groups excluding carboxylic acids is 3. The van der Waals surface area contributed by atoms with E-state index in [1.807, 2.05) is 12.1 Å². The lowest BCUT2D eigenvalue weighted by atomic mass is 9.94. The molecule has 0 unspecified atom stereocenters. The Morgan fingerprint density at radius 3 is 2.23 bits per heavy atom. The summed E-state index contributed by atoms with van der Waals surface area (Å²) in [5.41, 5.74) is 1.66. The molecule has 0 spiro atoms. The third-order valence-electron chi connectivity index (χ3n) is 5.02. The summed E-state index contributed by atoms with van der Waals surface area (Å²) >= 11 is 11.9. The maximum absolute atomic E-state index is 12.8. The molecule has 0 aromatic heterocycles. The number of esters is 1. The molecule has 3 aromatic rings. The summed E-state index contributed by atoms with van der Waals surface area (Å²) in [6, 6.07) is 15.7. The first-order chi connectivity index (χ1) is 14.5. The predicted octanol–water partition coefficient (Wildman–Crippen LogP) is 5.27. The molecule has 1 aliphatic heterocycles. The first-order valence-electron chi connectivity index (χ1n) is 9.43. The molecule has 0 atom stereocenters. The smallest absolute Gasteiger partial charge is 0.306 e. The van der Waals surface area contributed by atoms with Gasteiger partial charge in [0, 0.05) is 45.1 Å². The fourth-order valence-corrected chi connectivity index (χ4v) is 4.00. The number of hydrogen-bond donors (Lipinski definition) is 0. The van der Waals surface area contributed by atoms with E-state index >= 15 is 0 Å². The van der Waals surface area contributed by atoms with Crippen LogP contribution in [0.25, 0.3) is 10.8 Å². The van der Waals surface area contributed by atoms with Crippen molar-refractivity contribution in [2.75, 3.05) is 6.54 Å². The van der Waals surface area contributed by atoms with E-state index in [9.17, 15) is 14.4 Å². The van der Waals surface area contributed by atoms with Crippen LogP contribution in [-0.4, -0.2) is 29.2 Å². The van der Waals surface area contributed by atoms with Crippen LogP contribution < -0.4 is 0 Å². The summed E-state index contributed by atoms with van der Waals surface area (Å²) in [7, 11) is 0. The molecule has 0 saturated carbocycles. The van der Waals surface area contributed by atoms with Crippen LogP contribution in [0.1, 0.15) is 39.1 Å². The van der Waals surface area contributed by atoms with E-state index in [1.165, 1.54) is 4.90 Å². The monoisotopic (exact) mass is 441 g/mol. The SMILES string of the molecule is O=C(CCCN1C(=O)c2cccc3cccc(c23)C1=O)OCc1ccc(Cl)cc1Cl. The topological polar surface area (TPSA) is 63.7 Å². The van der Waals surface area contributed by atoms with E-state index in [-0.39, 0.29) is 31.4 Å². The Labute approximate surface area is 183 Å². The van der Waals surface area contributed by atoms with Crippen molar-refractivity contribution in [2.45, 2.75) is 19.4 Å². The molecule has 0 radical (unpaired) electrons. The minimum atomic E-state index is -0.430. The quantitative estimate of drug-likeness (QED) is 0.386. The highest BCUT2D eigenvalue weighted by molar-refractivity contribution is 6.35. The van der Waals surface area contributed by atoms with Gasteiger partial charge in [0.15, 0.2) is 0 Å². The number of nitrogens with zero attached hydrogens (tertiary/aromatic N) is 1. The van der Waals surface area contributed by atoms with Crippen LogP contribution in [0.2, 0.25) is 10.0 Å². The van der Waals surface area contributed by atoms with Crippen molar-refractivity contribution in [1.29, 1.82) is 0 Å². The average Bonchev–Trinajstić information content (AvgIpc) is 2.73. The second kappa shape index (κ2) is 8.46. The molecule has 1 aliphatic rings. The van der Waals surface area contributed by atoms with Gasteiger partial charge in [-0.2, -0.15) is 0 Å². The van der Waals surface area contributed by atoms with Crippen LogP contribution >= 0.6 is 23.2 Å². The van der Waals surface area contributed by atoms with Crippen molar-refractivity contribution >= 4 is 51.8 Å². The van der Waals surface area contributed by atoms with Gasteiger partial charge in [-0.1, -0.05) is 53.5 Å². The molecule has 7 heteroatoms. The van der Waals surface area contributed by atoms with Gasteiger partial charge in [-0.05, 0) is 36.1 Å². The van der Waals surface area contributed by atoms with Gasteiger partial charge in [0.2, 0.25) is 0 Å². The molecule has 3 aromatic carbocycles. The van der Waals surface area contributed by atoms with Gasteiger partial charge in [0.25, 0.3) is 11.8 Å². The molecule has 0 N–H and O–H groups in total. The molecule has 0 saturated heterocycles. The zero-order valence-electron chi connectivity index (χ0n) is 15.9. The molecule has 0 aliphatic carbocycles. The van der Waals surface area contributed by atoms with E-state index in [4.69, 9.17) is 27.9 Å². The van der Waals surface area contributed by atoms with Crippen LogP contribution in [0.5, 0.6) is 0 Å². The minimum absolute atomic E-state index is 0.0335. The fourth-order valence-electron chi connectivity index (χ4n) is 3.53. The summed E-state index contributed by atoms with van der Waals surface area (Å²) < 4.78 is 5.24. The lowest BCUT2D eigenvalue weighted by Crippen LogP contribution is -2.41. The molecule has 152 valence electrons. The zero-order chi connectivity index (χ0) is 21.3. The molecular weight excluding hydrogens is 425 g/mol. The highest BCUT2D eigenvalue weighted by atomic mass is 35.5. The molecule has 0 bridgehead atoms. The number of benzene rings is 3. The average molecular weight is 442 g/mol. The Morgan fingerprint density at radius 1 is 0.933 bits per heavy atom. The van der Waals surface area contributed by atoms with Crippen molar-refractivity contribution in [1.82, 2.24) is 4.90 Å². The lowest BCUT2D eigenvalue weighted by Gasteiger charge is -2.27. The third kappa shape index (κ3) is 3.91. The Morgan fingerprint density at radius 2 is 1.60 bits per heavy atom. The van der Waals surface area contributed by atoms with Crippen molar-refractivity contribution < 1.29 is 19.1 Å². The minimum Gasteiger partial charge on any atom is -0.461 e. The van der Waals surface area contributed by atoms with E-state index in [1.54, 1.807) is 42.5 Å². The maximum atomic E-state index is 12.8. The number of imide groups is 1. The third-order valence-corrected chi connectivity index (χ3v) is 5.61.